The van der Waals surface area contributed by atoms with Crippen molar-refractivity contribution >= 4 is 64.9 Å². The van der Waals surface area contributed by atoms with Gasteiger partial charge in [0.2, 0.25) is 0 Å². The van der Waals surface area contributed by atoms with E-state index in [4.69, 9.17) is 39.9 Å². The van der Waals surface area contributed by atoms with Crippen LogP contribution in [-0.2, 0) is 0 Å². The number of nitrogens with zero attached hydrogens (tertiary/aromatic N) is 8. The Morgan fingerprint density at radius 1 is 0.120 bits per heavy atom. The Morgan fingerprint density at radius 3 is 0.833 bits per heavy atom. The first-order valence-electron chi connectivity index (χ1n) is 36.3. The van der Waals surface area contributed by atoms with Crippen molar-refractivity contribution in [3.05, 3.63) is 388 Å². The Hall–Kier alpha value is -14.6. The average Bonchev–Trinajstić information content (AvgIpc) is 0.752. The molecule has 0 atom stereocenters. The van der Waals surface area contributed by atoms with Crippen molar-refractivity contribution < 1.29 is 0 Å². The summed E-state index contributed by atoms with van der Waals surface area (Å²) in [6.07, 6.45) is 0. The van der Waals surface area contributed by atoms with Crippen molar-refractivity contribution in [3.8, 4) is 135 Å². The minimum atomic E-state index is 0.628. The number of hydrogen-bond acceptors (Lipinski definition) is 8. The van der Waals surface area contributed by atoms with Crippen LogP contribution >= 0.6 is 0 Å². The van der Waals surface area contributed by atoms with E-state index >= 15 is 0 Å². The molecule has 0 fully saturated rings. The van der Waals surface area contributed by atoms with Gasteiger partial charge in [0, 0.05) is 66.1 Å². The third-order valence-electron chi connectivity index (χ3n) is 20.2. The molecule has 504 valence electrons. The predicted molar refractivity (Wildman–Crippen MR) is 446 cm³/mol. The Labute approximate surface area is 624 Å². The molecule has 0 saturated heterocycles. The van der Waals surface area contributed by atoms with E-state index in [0.29, 0.717) is 34.9 Å². The van der Waals surface area contributed by atoms with Gasteiger partial charge in [-0.25, -0.2) is 39.9 Å². The van der Waals surface area contributed by atoms with Crippen molar-refractivity contribution in [1.82, 2.24) is 39.9 Å². The second-order valence-electron chi connectivity index (χ2n) is 27.0. The number of benzene rings is 16. The molecule has 0 saturated carbocycles. The summed E-state index contributed by atoms with van der Waals surface area (Å²) >= 11 is 0. The highest BCUT2D eigenvalue weighted by atomic mass is 15.0. The molecule has 0 unspecified atom stereocenters. The van der Waals surface area contributed by atoms with Gasteiger partial charge >= 0.3 is 0 Å². The average molecular weight is 1380 g/mol. The molecule has 0 N–H and O–H groups in total. The molecule has 0 aliphatic carbocycles. The minimum absolute atomic E-state index is 0.628. The smallest absolute Gasteiger partial charge is 0.164 e. The van der Waals surface area contributed by atoms with Gasteiger partial charge in [-0.05, 0) is 119 Å². The first kappa shape index (κ1) is 64.3. The van der Waals surface area contributed by atoms with Crippen LogP contribution in [0.25, 0.3) is 200 Å². The first-order valence-corrected chi connectivity index (χ1v) is 36.3. The number of para-hydroxylation sites is 1. The Bertz CT molecular complexity index is 6740. The van der Waals surface area contributed by atoms with Gasteiger partial charge in [0.15, 0.2) is 34.9 Å². The fourth-order valence-electron chi connectivity index (χ4n) is 14.6. The summed E-state index contributed by atoms with van der Waals surface area (Å²) in [5.41, 5.74) is 20.7. The molecular formula is C100H64N8. The van der Waals surface area contributed by atoms with Gasteiger partial charge in [-0.3, -0.25) is 0 Å². The highest BCUT2D eigenvalue weighted by Crippen LogP contribution is 2.40. The van der Waals surface area contributed by atoms with Gasteiger partial charge in [0.1, 0.15) is 0 Å². The highest BCUT2D eigenvalue weighted by Gasteiger charge is 2.19. The van der Waals surface area contributed by atoms with Crippen LogP contribution in [0.15, 0.2) is 388 Å². The molecule has 108 heavy (non-hydrogen) atoms. The van der Waals surface area contributed by atoms with E-state index < -0.39 is 0 Å². The lowest BCUT2D eigenvalue weighted by Gasteiger charge is -2.13. The van der Waals surface area contributed by atoms with Gasteiger partial charge < -0.3 is 0 Å². The topological polar surface area (TPSA) is 103 Å². The maximum absolute atomic E-state index is 5.24. The first-order chi connectivity index (χ1) is 53.5. The monoisotopic (exact) mass is 1380 g/mol. The van der Waals surface area contributed by atoms with E-state index in [0.717, 1.165) is 116 Å². The molecule has 0 bridgehead atoms. The second kappa shape index (κ2) is 28.2. The lowest BCUT2D eigenvalue weighted by atomic mass is 9.95. The highest BCUT2D eigenvalue weighted by molar-refractivity contribution is 6.16. The number of aromatic nitrogens is 8. The third-order valence-corrected chi connectivity index (χ3v) is 20.2. The fourth-order valence-corrected chi connectivity index (χ4v) is 14.6. The maximum atomic E-state index is 5.24. The third kappa shape index (κ3) is 12.8. The zero-order chi connectivity index (χ0) is 71.7. The van der Waals surface area contributed by atoms with Gasteiger partial charge in [-0.2, -0.15) is 0 Å². The molecule has 0 aliphatic rings. The molecule has 8 heteroatoms. The quantitative estimate of drug-likeness (QED) is 0.0880. The van der Waals surface area contributed by atoms with Gasteiger partial charge in [0.25, 0.3) is 0 Å². The largest absolute Gasteiger partial charge is 0.247 e. The molecule has 20 aromatic rings. The Balaban J connectivity index is 0.000000147. The summed E-state index contributed by atoms with van der Waals surface area (Å²) in [7, 11) is 0. The van der Waals surface area contributed by atoms with Crippen LogP contribution in [0.5, 0.6) is 0 Å². The lowest BCUT2D eigenvalue weighted by molar-refractivity contribution is 1.07. The minimum Gasteiger partial charge on any atom is -0.247 e. The molecule has 0 radical (unpaired) electrons. The number of pyridine rings is 2. The van der Waals surface area contributed by atoms with Crippen LogP contribution in [0.2, 0.25) is 0 Å². The Kier molecular flexibility index (Phi) is 16.8. The molecule has 0 spiro atoms. The van der Waals surface area contributed by atoms with Crippen LogP contribution in [0, 0.1) is 0 Å². The van der Waals surface area contributed by atoms with Gasteiger partial charge in [0.05, 0.1) is 22.4 Å². The number of hydrogen-bond donors (Lipinski definition) is 0. The van der Waals surface area contributed by atoms with E-state index in [1.54, 1.807) is 0 Å². The van der Waals surface area contributed by atoms with Crippen molar-refractivity contribution in [1.29, 1.82) is 0 Å². The van der Waals surface area contributed by atoms with Crippen LogP contribution < -0.4 is 0 Å². The van der Waals surface area contributed by atoms with Gasteiger partial charge in [-0.1, -0.05) is 346 Å². The van der Waals surface area contributed by atoms with Crippen molar-refractivity contribution in [2.24, 2.45) is 0 Å². The van der Waals surface area contributed by atoms with Crippen LogP contribution in [0.3, 0.4) is 0 Å². The van der Waals surface area contributed by atoms with Crippen molar-refractivity contribution in [2.45, 2.75) is 0 Å². The zero-order valence-corrected chi connectivity index (χ0v) is 58.5. The second-order valence-corrected chi connectivity index (χ2v) is 27.0. The van der Waals surface area contributed by atoms with Crippen LogP contribution in [0.1, 0.15) is 0 Å². The molecule has 0 aliphatic heterocycles. The van der Waals surface area contributed by atoms with Gasteiger partial charge in [-0.15, -0.1) is 0 Å². The molecule has 4 aromatic heterocycles. The number of rotatable bonds is 12. The normalized spacial score (nSPS) is 11.3. The summed E-state index contributed by atoms with van der Waals surface area (Å²) in [5, 5.41) is 11.9. The van der Waals surface area contributed by atoms with E-state index in [9.17, 15) is 0 Å². The summed E-state index contributed by atoms with van der Waals surface area (Å²) < 4.78 is 0. The number of fused-ring (bicyclic) bond motifs is 8. The molecule has 4 heterocycles. The van der Waals surface area contributed by atoms with E-state index in [2.05, 4.69) is 315 Å². The van der Waals surface area contributed by atoms with E-state index in [1.165, 1.54) is 48.8 Å². The molecule has 0 amide bonds. The lowest BCUT2D eigenvalue weighted by Crippen LogP contribution is -2.00. The molecule has 20 rings (SSSR count). The standard InChI is InChI=1S/2C50H32N4/c1-3-12-33(13-4-1)34-24-28-38(29-25-34)49-52-48(37-14-5-2-6-15-37)53-50(54-49)42-19-11-18-39(30-42)35-22-26-36(27-23-35)47-45-32-41-17-8-7-16-40(41)31-44(45)43-20-9-10-21-46(43)51-47;1-3-12-33(13-4-1)34-24-28-38(29-25-34)49-52-48(37-14-5-2-6-15-37)53-50(54-49)42-19-11-18-39(30-42)35-22-26-36(27-23-35)47-44-21-10-9-20-43(44)45-31-40-16-7-8-17-41(40)32-46(45)51-47/h2*1-32H. The molecule has 8 nitrogen and oxygen atoms in total. The maximum Gasteiger partial charge on any atom is 0.164 e. The summed E-state index contributed by atoms with van der Waals surface area (Å²) in [6, 6.07) is 135. The fraction of sp³-hybridized carbons (Fsp3) is 0. The van der Waals surface area contributed by atoms with E-state index in [-0.39, 0.29) is 0 Å². The van der Waals surface area contributed by atoms with Crippen LogP contribution in [-0.4, -0.2) is 39.9 Å². The summed E-state index contributed by atoms with van der Waals surface area (Å²) in [5.74, 6) is 3.81. The Morgan fingerprint density at radius 2 is 0.389 bits per heavy atom. The molecule has 16 aromatic carbocycles. The zero-order valence-electron chi connectivity index (χ0n) is 58.5. The van der Waals surface area contributed by atoms with Crippen molar-refractivity contribution in [2.75, 3.05) is 0 Å². The van der Waals surface area contributed by atoms with E-state index in [1.807, 2.05) is 72.8 Å². The predicted octanol–water partition coefficient (Wildman–Crippen LogP) is 25.5. The SMILES string of the molecule is c1ccc(-c2ccc(-c3nc(-c4ccccc4)nc(-c4cccc(-c5ccc(-c6nc7cc8ccccc8cc7c7ccccc67)cc5)c4)n3)cc2)cc1.c1ccc(-c2ccc(-c3nc(-c4ccccc4)nc(-c4cccc(-c5ccc(-c6nc7ccccc7c7cc8ccccc8cc67)cc5)c4)n3)cc2)cc1. The summed E-state index contributed by atoms with van der Waals surface area (Å²) in [4.78, 5) is 40.4. The van der Waals surface area contributed by atoms with Crippen LogP contribution in [0.4, 0.5) is 0 Å². The molecular weight excluding hydrogens is 1310 g/mol. The van der Waals surface area contributed by atoms with Crippen molar-refractivity contribution in [3.63, 3.8) is 0 Å². The summed E-state index contributed by atoms with van der Waals surface area (Å²) in [6.45, 7) is 0.